The van der Waals surface area contributed by atoms with Gasteiger partial charge in [0.2, 0.25) is 5.91 Å². The first kappa shape index (κ1) is 21.4. The molecule has 0 aliphatic heterocycles. The number of fused-ring (bicyclic) bond motifs is 1. The minimum absolute atomic E-state index is 0.136. The number of nitrogens with one attached hydrogen (secondary N) is 1. The predicted molar refractivity (Wildman–Crippen MR) is 120 cm³/mol. The number of nitrogens with zero attached hydrogens (tertiary/aromatic N) is 5. The van der Waals surface area contributed by atoms with Crippen LogP contribution < -0.4 is 5.32 Å². The van der Waals surface area contributed by atoms with Crippen LogP contribution in [-0.4, -0.2) is 49.2 Å². The Kier molecular flexibility index (Phi) is 6.71. The predicted octanol–water partition coefficient (Wildman–Crippen LogP) is 3.18. The number of ether oxygens (including phenoxy) is 1. The second-order valence-corrected chi connectivity index (χ2v) is 7.68. The summed E-state index contributed by atoms with van der Waals surface area (Å²) in [6, 6.07) is 16.4. The molecular weight excluding hydrogens is 428 g/mol. The summed E-state index contributed by atoms with van der Waals surface area (Å²) < 4.78 is 6.66. The molecule has 10 heteroatoms. The van der Waals surface area contributed by atoms with Crippen molar-refractivity contribution in [3.63, 3.8) is 0 Å². The van der Waals surface area contributed by atoms with Crippen LogP contribution in [-0.2, 0) is 16.1 Å². The summed E-state index contributed by atoms with van der Waals surface area (Å²) in [5.74, 6) is -0.464. The number of rotatable bonds is 8. The molecular formula is C22H20N6O3S. The lowest BCUT2D eigenvalue weighted by molar-refractivity contribution is -0.113. The zero-order chi connectivity index (χ0) is 22.3. The number of thioether (sulfide) groups is 1. The highest BCUT2D eigenvalue weighted by molar-refractivity contribution is 8.00. The molecule has 0 bridgehead atoms. The minimum Gasteiger partial charge on any atom is -0.462 e. The van der Waals surface area contributed by atoms with Crippen LogP contribution in [0.1, 0.15) is 22.8 Å². The van der Waals surface area contributed by atoms with E-state index in [1.807, 2.05) is 30.3 Å². The maximum absolute atomic E-state index is 12.4. The third-order valence-electron chi connectivity index (χ3n) is 4.46. The molecule has 0 fully saturated rings. The van der Waals surface area contributed by atoms with Gasteiger partial charge in [0.15, 0.2) is 11.2 Å². The molecule has 2 aromatic carbocycles. The summed E-state index contributed by atoms with van der Waals surface area (Å²) in [5.41, 5.74) is 3.27. The maximum atomic E-state index is 12.4. The maximum Gasteiger partial charge on any atom is 0.338 e. The van der Waals surface area contributed by atoms with Gasteiger partial charge in [0.1, 0.15) is 11.4 Å². The summed E-state index contributed by atoms with van der Waals surface area (Å²) in [5, 5.41) is 11.8. The molecule has 9 nitrogen and oxygen atoms in total. The quantitative estimate of drug-likeness (QED) is 0.248. The van der Waals surface area contributed by atoms with Crippen molar-refractivity contribution in [1.82, 2.24) is 25.0 Å². The Morgan fingerprint density at radius 1 is 1.06 bits per heavy atom. The average Bonchev–Trinajstić information content (AvgIpc) is 3.22. The van der Waals surface area contributed by atoms with Crippen molar-refractivity contribution in [2.75, 3.05) is 17.7 Å². The largest absolute Gasteiger partial charge is 0.462 e. The Labute approximate surface area is 188 Å². The highest BCUT2D eigenvalue weighted by atomic mass is 32.2. The number of benzene rings is 2. The van der Waals surface area contributed by atoms with Gasteiger partial charge in [-0.25, -0.2) is 19.4 Å². The molecule has 0 saturated heterocycles. The van der Waals surface area contributed by atoms with Crippen molar-refractivity contribution in [2.24, 2.45) is 0 Å². The fraction of sp³-hybridized carbons (Fsp3) is 0.182. The SMILES string of the molecule is CCOC(=O)c1ccc(NC(=O)CSc2ncnc3c2nnn3Cc2ccccc2)cc1. The lowest BCUT2D eigenvalue weighted by atomic mass is 10.2. The van der Waals surface area contributed by atoms with E-state index in [2.05, 4.69) is 25.6 Å². The molecule has 0 saturated carbocycles. The van der Waals surface area contributed by atoms with E-state index in [0.29, 0.717) is 40.6 Å². The molecule has 1 N–H and O–H groups in total. The van der Waals surface area contributed by atoms with Crippen molar-refractivity contribution < 1.29 is 14.3 Å². The molecule has 0 spiro atoms. The standard InChI is InChI=1S/C22H20N6O3S/c1-2-31-22(30)16-8-10-17(11-9-16)25-18(29)13-32-21-19-20(23-14-24-21)28(27-26-19)12-15-6-4-3-5-7-15/h3-11,14H,2,12-13H2,1H3,(H,25,29). The molecule has 0 aliphatic rings. The van der Waals surface area contributed by atoms with Gasteiger partial charge in [0.05, 0.1) is 24.5 Å². The molecule has 4 rings (SSSR count). The number of hydrogen-bond donors (Lipinski definition) is 1. The normalized spacial score (nSPS) is 10.8. The number of esters is 1. The fourth-order valence-electron chi connectivity index (χ4n) is 2.97. The van der Waals surface area contributed by atoms with E-state index in [1.165, 1.54) is 18.1 Å². The van der Waals surface area contributed by atoms with Crippen LogP contribution in [0.15, 0.2) is 66.0 Å². The highest BCUT2D eigenvalue weighted by Crippen LogP contribution is 2.23. The van der Waals surface area contributed by atoms with Gasteiger partial charge < -0.3 is 10.1 Å². The topological polar surface area (TPSA) is 112 Å². The van der Waals surface area contributed by atoms with Gasteiger partial charge in [-0.05, 0) is 36.8 Å². The van der Waals surface area contributed by atoms with E-state index < -0.39 is 5.97 Å². The molecule has 162 valence electrons. The first-order chi connectivity index (χ1) is 15.6. The molecule has 2 aromatic heterocycles. The van der Waals surface area contributed by atoms with E-state index in [0.717, 1.165) is 5.56 Å². The molecule has 0 aliphatic carbocycles. The van der Waals surface area contributed by atoms with Gasteiger partial charge >= 0.3 is 5.97 Å². The minimum atomic E-state index is -0.394. The van der Waals surface area contributed by atoms with Gasteiger partial charge in [-0.15, -0.1) is 5.10 Å². The number of anilines is 1. The second-order valence-electron chi connectivity index (χ2n) is 6.72. The summed E-state index contributed by atoms with van der Waals surface area (Å²) in [6.07, 6.45) is 1.45. The van der Waals surface area contributed by atoms with Gasteiger partial charge in [-0.1, -0.05) is 47.3 Å². The van der Waals surface area contributed by atoms with E-state index in [-0.39, 0.29) is 11.7 Å². The van der Waals surface area contributed by atoms with E-state index >= 15 is 0 Å². The summed E-state index contributed by atoms with van der Waals surface area (Å²) in [4.78, 5) is 32.7. The van der Waals surface area contributed by atoms with Crippen molar-refractivity contribution in [2.45, 2.75) is 18.5 Å². The van der Waals surface area contributed by atoms with Gasteiger partial charge in [-0.2, -0.15) is 0 Å². The van der Waals surface area contributed by atoms with Crippen LogP contribution in [0.25, 0.3) is 11.2 Å². The number of carbonyl (C=O) groups is 2. The average molecular weight is 449 g/mol. The zero-order valence-electron chi connectivity index (χ0n) is 17.3. The van der Waals surface area contributed by atoms with E-state index in [1.54, 1.807) is 35.9 Å². The third-order valence-corrected chi connectivity index (χ3v) is 5.44. The number of carbonyl (C=O) groups excluding carboxylic acids is 2. The van der Waals surface area contributed by atoms with Crippen LogP contribution >= 0.6 is 11.8 Å². The van der Waals surface area contributed by atoms with Crippen LogP contribution in [0.5, 0.6) is 0 Å². The van der Waals surface area contributed by atoms with Crippen LogP contribution in [0.3, 0.4) is 0 Å². The highest BCUT2D eigenvalue weighted by Gasteiger charge is 2.14. The summed E-state index contributed by atoms with van der Waals surface area (Å²) in [6.45, 7) is 2.60. The Bertz CT molecular complexity index is 1230. The fourth-order valence-corrected chi connectivity index (χ4v) is 3.71. The number of amides is 1. The summed E-state index contributed by atoms with van der Waals surface area (Å²) >= 11 is 1.26. The smallest absolute Gasteiger partial charge is 0.338 e. The van der Waals surface area contributed by atoms with Gasteiger partial charge in [0, 0.05) is 5.69 Å². The van der Waals surface area contributed by atoms with E-state index in [4.69, 9.17) is 4.74 Å². The zero-order valence-corrected chi connectivity index (χ0v) is 18.1. The Morgan fingerprint density at radius 2 is 1.84 bits per heavy atom. The first-order valence-corrected chi connectivity index (χ1v) is 10.9. The molecule has 0 unspecified atom stereocenters. The molecule has 2 heterocycles. The summed E-state index contributed by atoms with van der Waals surface area (Å²) in [7, 11) is 0. The van der Waals surface area contributed by atoms with Crippen molar-refractivity contribution in [3.05, 3.63) is 72.1 Å². The van der Waals surface area contributed by atoms with Crippen molar-refractivity contribution in [1.29, 1.82) is 0 Å². The second kappa shape index (κ2) is 10.0. The van der Waals surface area contributed by atoms with Crippen LogP contribution in [0, 0.1) is 0 Å². The Morgan fingerprint density at radius 3 is 2.59 bits per heavy atom. The lowest BCUT2D eigenvalue weighted by Gasteiger charge is -2.06. The molecule has 0 atom stereocenters. The molecule has 1 amide bonds. The number of aromatic nitrogens is 5. The molecule has 0 radical (unpaired) electrons. The van der Waals surface area contributed by atoms with Crippen molar-refractivity contribution >= 4 is 40.5 Å². The van der Waals surface area contributed by atoms with Gasteiger partial charge in [-0.3, -0.25) is 4.79 Å². The molecule has 32 heavy (non-hydrogen) atoms. The number of hydrogen-bond acceptors (Lipinski definition) is 8. The Balaban J connectivity index is 1.38. The monoisotopic (exact) mass is 448 g/mol. The van der Waals surface area contributed by atoms with Crippen molar-refractivity contribution in [3.8, 4) is 0 Å². The molecule has 4 aromatic rings. The van der Waals surface area contributed by atoms with Crippen LogP contribution in [0.2, 0.25) is 0 Å². The van der Waals surface area contributed by atoms with Crippen LogP contribution in [0.4, 0.5) is 5.69 Å². The lowest BCUT2D eigenvalue weighted by Crippen LogP contribution is -2.14. The van der Waals surface area contributed by atoms with Gasteiger partial charge in [0.25, 0.3) is 0 Å². The van der Waals surface area contributed by atoms with E-state index in [9.17, 15) is 9.59 Å². The Hall–Kier alpha value is -3.79. The first-order valence-electron chi connectivity index (χ1n) is 9.92. The third kappa shape index (κ3) is 5.09.